The first kappa shape index (κ1) is 21.6. The van der Waals surface area contributed by atoms with E-state index >= 15 is 0 Å². The third-order valence-corrected chi connectivity index (χ3v) is 10.4. The van der Waals surface area contributed by atoms with E-state index in [0.717, 1.165) is 44.9 Å². The number of fused-ring (bicyclic) bond motifs is 3. The van der Waals surface area contributed by atoms with Crippen molar-refractivity contribution in [1.29, 1.82) is 0 Å². The molecule has 0 aromatic carbocycles. The number of carbonyl (C=O) groups excluding carboxylic acids is 3. The van der Waals surface area contributed by atoms with Crippen LogP contribution in [0.25, 0.3) is 0 Å². The van der Waals surface area contributed by atoms with Crippen LogP contribution >= 0.6 is 0 Å². The van der Waals surface area contributed by atoms with Gasteiger partial charge in [0.2, 0.25) is 5.91 Å². The van der Waals surface area contributed by atoms with Crippen molar-refractivity contribution >= 4 is 17.8 Å². The highest BCUT2D eigenvalue weighted by Gasteiger charge is 2.79. The van der Waals surface area contributed by atoms with E-state index in [1.807, 2.05) is 4.90 Å². The summed E-state index contributed by atoms with van der Waals surface area (Å²) in [4.78, 5) is 40.8. The summed E-state index contributed by atoms with van der Waals surface area (Å²) in [6.45, 7) is 10.5. The molecule has 0 aromatic rings. The molecule has 5 aliphatic carbocycles. The Labute approximate surface area is 195 Å². The average Bonchev–Trinajstić information content (AvgIpc) is 3.24. The highest BCUT2D eigenvalue weighted by Crippen LogP contribution is 2.76. The highest BCUT2D eigenvalue weighted by atomic mass is 16.6. The molecule has 4 bridgehead atoms. The van der Waals surface area contributed by atoms with Gasteiger partial charge < -0.3 is 19.1 Å². The van der Waals surface area contributed by atoms with Crippen molar-refractivity contribution in [3.63, 3.8) is 0 Å². The van der Waals surface area contributed by atoms with Gasteiger partial charge in [0.15, 0.2) is 0 Å². The first-order chi connectivity index (χ1) is 15.6. The average molecular weight is 458 g/mol. The van der Waals surface area contributed by atoms with Crippen molar-refractivity contribution in [2.75, 3.05) is 13.2 Å². The van der Waals surface area contributed by atoms with Crippen molar-refractivity contribution in [1.82, 2.24) is 4.90 Å². The Morgan fingerprint density at radius 1 is 1.15 bits per heavy atom. The minimum absolute atomic E-state index is 0.102. The molecule has 1 amide bonds. The second-order valence-corrected chi connectivity index (χ2v) is 11.8. The van der Waals surface area contributed by atoms with Crippen LogP contribution in [0, 0.1) is 34.0 Å². The Morgan fingerprint density at radius 3 is 2.61 bits per heavy atom. The molecule has 0 aromatic heterocycles. The fraction of sp³-hybridized carbons (Fsp3) is 0.808. The molecular formula is C26H35NO6. The summed E-state index contributed by atoms with van der Waals surface area (Å²) < 4.78 is 18.6. The normalized spacial score (nSPS) is 49.7. The lowest BCUT2D eigenvalue weighted by atomic mass is 9.33. The van der Waals surface area contributed by atoms with E-state index in [4.69, 9.17) is 14.2 Å². The summed E-state index contributed by atoms with van der Waals surface area (Å²) in [7, 11) is 0. The minimum atomic E-state index is -0.670. The highest BCUT2D eigenvalue weighted by molar-refractivity contribution is 5.85. The summed E-state index contributed by atoms with van der Waals surface area (Å²) in [6.07, 6.45) is 4.82. The van der Waals surface area contributed by atoms with Gasteiger partial charge in [0.05, 0.1) is 12.0 Å². The van der Waals surface area contributed by atoms with Crippen LogP contribution in [0.5, 0.6) is 0 Å². The van der Waals surface area contributed by atoms with Gasteiger partial charge >= 0.3 is 11.9 Å². The van der Waals surface area contributed by atoms with Gasteiger partial charge in [-0.1, -0.05) is 25.5 Å². The number of allylic oxidation sites excluding steroid dienone is 1. The maximum atomic E-state index is 13.9. The molecule has 2 aliphatic heterocycles. The van der Waals surface area contributed by atoms with Crippen LogP contribution in [0.3, 0.4) is 0 Å². The fourth-order valence-electron chi connectivity index (χ4n) is 9.65. The minimum Gasteiger partial charge on any atom is -0.458 e. The van der Waals surface area contributed by atoms with Crippen LogP contribution in [0.1, 0.15) is 65.7 Å². The van der Waals surface area contributed by atoms with Gasteiger partial charge in [0, 0.05) is 37.1 Å². The molecule has 2 heterocycles. The zero-order valence-electron chi connectivity index (χ0n) is 19.9. The molecule has 1 spiro atoms. The topological polar surface area (TPSA) is 82.1 Å². The van der Waals surface area contributed by atoms with Crippen molar-refractivity contribution in [2.24, 2.45) is 34.0 Å². The van der Waals surface area contributed by atoms with Gasteiger partial charge in [0.1, 0.15) is 18.4 Å². The lowest BCUT2D eigenvalue weighted by Gasteiger charge is -2.74. The smallest absolute Gasteiger partial charge is 0.303 e. The van der Waals surface area contributed by atoms with Gasteiger partial charge in [-0.2, -0.15) is 0 Å². The molecule has 7 rings (SSSR count). The number of esters is 2. The summed E-state index contributed by atoms with van der Waals surface area (Å²) in [6, 6.07) is 0. The number of carbonyl (C=O) groups is 3. The molecule has 180 valence electrons. The third-order valence-electron chi connectivity index (χ3n) is 10.4. The number of hydrogen-bond donors (Lipinski definition) is 0. The Kier molecular flexibility index (Phi) is 4.48. The molecule has 7 heteroatoms. The third kappa shape index (κ3) is 2.52. The lowest BCUT2D eigenvalue weighted by Crippen LogP contribution is -2.80. The van der Waals surface area contributed by atoms with Gasteiger partial charge in [0.25, 0.3) is 0 Å². The molecule has 1 unspecified atom stereocenters. The van der Waals surface area contributed by atoms with Crippen LogP contribution < -0.4 is 0 Å². The number of rotatable bonds is 2. The second-order valence-electron chi connectivity index (χ2n) is 11.8. The molecule has 0 N–H and O–H groups in total. The van der Waals surface area contributed by atoms with Crippen molar-refractivity contribution in [2.45, 2.75) is 84.2 Å². The molecule has 7 fully saturated rings. The second kappa shape index (κ2) is 6.83. The molecule has 2 saturated heterocycles. The number of amides is 1. The predicted octanol–water partition coefficient (Wildman–Crippen LogP) is 3.22. The van der Waals surface area contributed by atoms with E-state index in [-0.39, 0.29) is 40.8 Å². The largest absolute Gasteiger partial charge is 0.458 e. The number of nitrogens with zero attached hydrogens (tertiary/aromatic N) is 1. The van der Waals surface area contributed by atoms with Gasteiger partial charge in [-0.15, -0.1) is 0 Å². The van der Waals surface area contributed by atoms with Gasteiger partial charge in [-0.05, 0) is 50.4 Å². The van der Waals surface area contributed by atoms with Crippen molar-refractivity contribution in [3.05, 3.63) is 12.2 Å². The molecule has 0 radical (unpaired) electrons. The molecule has 7 nitrogen and oxygen atoms in total. The molecule has 5 saturated carbocycles. The van der Waals surface area contributed by atoms with E-state index in [9.17, 15) is 14.4 Å². The summed E-state index contributed by atoms with van der Waals surface area (Å²) >= 11 is 0. The SMILES string of the molecule is C=C1C[C@]23CC[C@H]1C[C@H]2[C@@]12CCC[C@@](C)(C(=O)N4CCOC41)[C@H]2[C@H](OC(C)=O)[C@H]3OC(C)=O. The lowest BCUT2D eigenvalue weighted by molar-refractivity contribution is -0.323. The quantitative estimate of drug-likeness (QED) is 0.468. The Hall–Kier alpha value is -1.89. The summed E-state index contributed by atoms with van der Waals surface area (Å²) in [5.74, 6) is -0.206. The van der Waals surface area contributed by atoms with E-state index in [2.05, 4.69) is 13.5 Å². The maximum Gasteiger partial charge on any atom is 0.303 e. The molecule has 9 atom stereocenters. The molecular weight excluding hydrogens is 422 g/mol. The first-order valence-corrected chi connectivity index (χ1v) is 12.6. The summed E-state index contributed by atoms with van der Waals surface area (Å²) in [5, 5.41) is 0. The summed E-state index contributed by atoms with van der Waals surface area (Å²) in [5.41, 5.74) is -0.102. The Bertz CT molecular complexity index is 947. The fourth-order valence-corrected chi connectivity index (χ4v) is 9.65. The molecule has 7 aliphatic rings. The van der Waals surface area contributed by atoms with Gasteiger partial charge in [-0.3, -0.25) is 14.4 Å². The van der Waals surface area contributed by atoms with E-state index in [1.54, 1.807) is 0 Å². The van der Waals surface area contributed by atoms with E-state index in [1.165, 1.54) is 19.4 Å². The predicted molar refractivity (Wildman–Crippen MR) is 117 cm³/mol. The van der Waals surface area contributed by atoms with Crippen LogP contribution in [0.15, 0.2) is 12.2 Å². The number of piperidine rings is 1. The zero-order valence-corrected chi connectivity index (χ0v) is 19.9. The Morgan fingerprint density at radius 2 is 1.91 bits per heavy atom. The number of ether oxygens (including phenoxy) is 3. The maximum absolute atomic E-state index is 13.9. The standard InChI is InChI=1S/C26H35NO6/c1-14-13-25-9-6-17(14)12-18(25)26-8-5-7-24(4,22(30)27-10-11-31-23(26)27)20(26)19(32-15(2)28)21(25)33-16(3)29/h17-21,23H,1,5-13H2,2-4H3/t17-,18+,19-,20+,21+,23?,24+,25+,26+/m0/s1. The van der Waals surface area contributed by atoms with Gasteiger partial charge in [-0.25, -0.2) is 0 Å². The van der Waals surface area contributed by atoms with Crippen LogP contribution in [0.2, 0.25) is 0 Å². The zero-order chi connectivity index (χ0) is 23.3. The van der Waals surface area contributed by atoms with Crippen LogP contribution in [-0.4, -0.2) is 54.3 Å². The van der Waals surface area contributed by atoms with Crippen LogP contribution in [0.4, 0.5) is 0 Å². The molecule has 33 heavy (non-hydrogen) atoms. The van der Waals surface area contributed by atoms with Crippen molar-refractivity contribution in [3.8, 4) is 0 Å². The number of hydrogen-bond acceptors (Lipinski definition) is 6. The van der Waals surface area contributed by atoms with Crippen molar-refractivity contribution < 1.29 is 28.6 Å². The monoisotopic (exact) mass is 457 g/mol. The van der Waals surface area contributed by atoms with E-state index in [0.29, 0.717) is 19.1 Å². The Balaban J connectivity index is 1.61. The first-order valence-electron chi connectivity index (χ1n) is 12.6. The van der Waals surface area contributed by atoms with Crippen LogP contribution in [-0.2, 0) is 28.6 Å². The van der Waals surface area contributed by atoms with E-state index < -0.39 is 23.6 Å².